The van der Waals surface area contributed by atoms with E-state index in [4.69, 9.17) is 10.8 Å². The van der Waals surface area contributed by atoms with Crippen molar-refractivity contribution in [2.24, 2.45) is 5.73 Å². The van der Waals surface area contributed by atoms with Crippen molar-refractivity contribution in [2.75, 3.05) is 11.9 Å². The molecule has 0 saturated carbocycles. The maximum absolute atomic E-state index is 10.6. The average Bonchev–Trinajstić information content (AvgIpc) is 2.29. The first kappa shape index (κ1) is 13.0. The Balaban J connectivity index is 2.27. The first-order valence-electron chi connectivity index (χ1n) is 5.45. The predicted molar refractivity (Wildman–Crippen MR) is 64.9 cm³/mol. The van der Waals surface area contributed by atoms with E-state index in [2.05, 4.69) is 5.32 Å². The minimum absolute atomic E-state index is 0.268. The molecule has 0 spiro atoms. The van der Waals surface area contributed by atoms with Gasteiger partial charge in [0.15, 0.2) is 0 Å². The maximum Gasteiger partial charge on any atom is 0.335 e. The molecule has 5 heteroatoms. The van der Waals surface area contributed by atoms with Crippen LogP contribution in [0.3, 0.4) is 0 Å². The number of nitrogens with one attached hydrogen (secondary N) is 1. The van der Waals surface area contributed by atoms with Gasteiger partial charge in [-0.3, -0.25) is 4.79 Å². The van der Waals surface area contributed by atoms with Crippen molar-refractivity contribution in [1.29, 1.82) is 0 Å². The molecule has 1 aromatic rings. The van der Waals surface area contributed by atoms with Crippen molar-refractivity contribution >= 4 is 17.6 Å². The molecule has 17 heavy (non-hydrogen) atoms. The van der Waals surface area contributed by atoms with Crippen molar-refractivity contribution < 1.29 is 14.7 Å². The van der Waals surface area contributed by atoms with Crippen LogP contribution in [0.1, 0.15) is 29.6 Å². The summed E-state index contributed by atoms with van der Waals surface area (Å²) < 4.78 is 0. The molecule has 1 rings (SSSR count). The summed E-state index contributed by atoms with van der Waals surface area (Å²) in [6.45, 7) is 0.736. The lowest BCUT2D eigenvalue weighted by Crippen LogP contribution is -2.10. The lowest BCUT2D eigenvalue weighted by atomic mass is 10.2. The van der Waals surface area contributed by atoms with E-state index >= 15 is 0 Å². The molecule has 4 N–H and O–H groups in total. The molecule has 0 unspecified atom stereocenters. The smallest absolute Gasteiger partial charge is 0.335 e. The number of amides is 1. The molecule has 0 fully saturated rings. The normalized spacial score (nSPS) is 9.88. The number of rotatable bonds is 7. The summed E-state index contributed by atoms with van der Waals surface area (Å²) in [6.07, 6.45) is 2.01. The van der Waals surface area contributed by atoms with Gasteiger partial charge in [0.1, 0.15) is 0 Å². The van der Waals surface area contributed by atoms with Crippen molar-refractivity contribution in [3.8, 4) is 0 Å². The van der Waals surface area contributed by atoms with Crippen LogP contribution in [0.25, 0.3) is 0 Å². The molecular formula is C12H16N2O3. The van der Waals surface area contributed by atoms with Gasteiger partial charge in [-0.15, -0.1) is 0 Å². The van der Waals surface area contributed by atoms with Crippen LogP contribution in [-0.2, 0) is 4.79 Å². The highest BCUT2D eigenvalue weighted by Gasteiger charge is 2.01. The monoisotopic (exact) mass is 236 g/mol. The minimum Gasteiger partial charge on any atom is -0.478 e. The van der Waals surface area contributed by atoms with E-state index in [-0.39, 0.29) is 11.5 Å². The summed E-state index contributed by atoms with van der Waals surface area (Å²) in [5.41, 5.74) is 6.15. The van der Waals surface area contributed by atoms with Crippen LogP contribution < -0.4 is 11.1 Å². The van der Waals surface area contributed by atoms with Gasteiger partial charge in [-0.05, 0) is 37.1 Å². The molecule has 0 heterocycles. The van der Waals surface area contributed by atoms with Gasteiger partial charge < -0.3 is 16.2 Å². The van der Waals surface area contributed by atoms with Crippen LogP contribution in [0.4, 0.5) is 5.69 Å². The second kappa shape index (κ2) is 6.52. The Morgan fingerprint density at radius 3 is 2.35 bits per heavy atom. The van der Waals surface area contributed by atoms with Gasteiger partial charge in [0, 0.05) is 18.7 Å². The van der Waals surface area contributed by atoms with E-state index in [0.29, 0.717) is 6.42 Å². The van der Waals surface area contributed by atoms with Crippen molar-refractivity contribution in [1.82, 2.24) is 0 Å². The maximum atomic E-state index is 10.6. The zero-order chi connectivity index (χ0) is 12.7. The lowest BCUT2D eigenvalue weighted by Gasteiger charge is -2.05. The molecule has 0 atom stereocenters. The molecule has 5 nitrogen and oxygen atoms in total. The Morgan fingerprint density at radius 1 is 1.18 bits per heavy atom. The van der Waals surface area contributed by atoms with E-state index in [0.717, 1.165) is 25.1 Å². The number of primary amides is 1. The van der Waals surface area contributed by atoms with Crippen LogP contribution in [0.2, 0.25) is 0 Å². The molecule has 92 valence electrons. The molecule has 1 amide bonds. The third-order valence-electron chi connectivity index (χ3n) is 2.31. The molecule has 1 aromatic carbocycles. The first-order valence-corrected chi connectivity index (χ1v) is 5.45. The number of hydrogen-bond acceptors (Lipinski definition) is 3. The first-order chi connectivity index (χ1) is 8.09. The standard InChI is InChI=1S/C12H16N2O3/c13-11(15)3-1-2-8-14-10-6-4-9(5-7-10)12(16)17/h4-7,14H,1-3,8H2,(H2,13,15)(H,16,17). The van der Waals surface area contributed by atoms with Crippen molar-refractivity contribution in [2.45, 2.75) is 19.3 Å². The van der Waals surface area contributed by atoms with Crippen LogP contribution in [-0.4, -0.2) is 23.5 Å². The highest BCUT2D eigenvalue weighted by atomic mass is 16.4. The van der Waals surface area contributed by atoms with Gasteiger partial charge in [-0.2, -0.15) is 0 Å². The van der Waals surface area contributed by atoms with E-state index in [1.165, 1.54) is 0 Å². The number of carbonyl (C=O) groups is 2. The van der Waals surface area contributed by atoms with Crippen LogP contribution >= 0.6 is 0 Å². The summed E-state index contributed by atoms with van der Waals surface area (Å²) in [6, 6.07) is 6.54. The fourth-order valence-corrected chi connectivity index (χ4v) is 1.39. The number of benzene rings is 1. The highest BCUT2D eigenvalue weighted by molar-refractivity contribution is 5.87. The van der Waals surface area contributed by atoms with Crippen LogP contribution in [0, 0.1) is 0 Å². The number of carbonyl (C=O) groups excluding carboxylic acids is 1. The van der Waals surface area contributed by atoms with Gasteiger partial charge >= 0.3 is 5.97 Å². The number of carboxylic acids is 1. The van der Waals surface area contributed by atoms with E-state index in [1.54, 1.807) is 24.3 Å². The lowest BCUT2D eigenvalue weighted by molar-refractivity contribution is -0.118. The largest absolute Gasteiger partial charge is 0.478 e. The highest BCUT2D eigenvalue weighted by Crippen LogP contribution is 2.09. The summed E-state index contributed by atoms with van der Waals surface area (Å²) in [5, 5.41) is 11.8. The molecule has 0 saturated heterocycles. The van der Waals surface area contributed by atoms with Gasteiger partial charge in [-0.1, -0.05) is 0 Å². The van der Waals surface area contributed by atoms with Crippen molar-refractivity contribution in [3.05, 3.63) is 29.8 Å². The Morgan fingerprint density at radius 2 is 1.82 bits per heavy atom. The zero-order valence-corrected chi connectivity index (χ0v) is 9.48. The number of carboxylic acid groups (broad SMARTS) is 1. The average molecular weight is 236 g/mol. The van der Waals surface area contributed by atoms with E-state index < -0.39 is 5.97 Å². The van der Waals surface area contributed by atoms with Crippen LogP contribution in [0.15, 0.2) is 24.3 Å². The van der Waals surface area contributed by atoms with E-state index in [9.17, 15) is 9.59 Å². The Kier molecular flexibility index (Phi) is 5.00. The summed E-state index contributed by atoms with van der Waals surface area (Å²) in [4.78, 5) is 21.1. The number of hydrogen-bond donors (Lipinski definition) is 3. The number of aromatic carboxylic acids is 1. The number of unbranched alkanes of at least 4 members (excludes halogenated alkanes) is 1. The van der Waals surface area contributed by atoms with Gasteiger partial charge in [0.25, 0.3) is 0 Å². The van der Waals surface area contributed by atoms with Gasteiger partial charge in [0.2, 0.25) is 5.91 Å². The molecule has 0 bridgehead atoms. The summed E-state index contributed by atoms with van der Waals surface area (Å²) in [7, 11) is 0. The Labute approximate surface area is 99.6 Å². The molecule has 0 aliphatic rings. The Hall–Kier alpha value is -2.04. The van der Waals surface area contributed by atoms with Gasteiger partial charge in [-0.25, -0.2) is 4.79 Å². The fourth-order valence-electron chi connectivity index (χ4n) is 1.39. The third-order valence-corrected chi connectivity index (χ3v) is 2.31. The summed E-state index contributed by atoms with van der Waals surface area (Å²) >= 11 is 0. The Bertz CT molecular complexity index is 387. The van der Waals surface area contributed by atoms with Gasteiger partial charge in [0.05, 0.1) is 5.56 Å². The second-order valence-electron chi connectivity index (χ2n) is 3.73. The van der Waals surface area contributed by atoms with E-state index in [1.807, 2.05) is 0 Å². The number of anilines is 1. The van der Waals surface area contributed by atoms with Crippen molar-refractivity contribution in [3.63, 3.8) is 0 Å². The SMILES string of the molecule is NC(=O)CCCCNc1ccc(C(=O)O)cc1. The third kappa shape index (κ3) is 5.01. The molecule has 0 aliphatic heterocycles. The number of nitrogens with two attached hydrogens (primary N) is 1. The summed E-state index contributed by atoms with van der Waals surface area (Å²) in [5.74, 6) is -1.21. The molecule has 0 aromatic heterocycles. The topological polar surface area (TPSA) is 92.4 Å². The zero-order valence-electron chi connectivity index (χ0n) is 9.48. The van der Waals surface area contributed by atoms with Crippen LogP contribution in [0.5, 0.6) is 0 Å². The molecular weight excluding hydrogens is 220 g/mol. The second-order valence-corrected chi connectivity index (χ2v) is 3.73. The quantitative estimate of drug-likeness (QED) is 0.625. The molecule has 0 radical (unpaired) electrons. The minimum atomic E-state index is -0.932. The fraction of sp³-hybridized carbons (Fsp3) is 0.333. The molecule has 0 aliphatic carbocycles. The predicted octanol–water partition coefficient (Wildman–Crippen LogP) is 1.45.